The molecule has 42 heavy (non-hydrogen) atoms. The number of rotatable bonds is 11. The molecule has 0 aliphatic heterocycles. The van der Waals surface area contributed by atoms with Crippen molar-refractivity contribution in [1.82, 2.24) is 5.32 Å². The highest BCUT2D eigenvalue weighted by Crippen LogP contribution is 2.28. The van der Waals surface area contributed by atoms with Gasteiger partial charge in [0.15, 0.2) is 0 Å². The second-order valence-corrected chi connectivity index (χ2v) is 10.9. The van der Waals surface area contributed by atoms with Gasteiger partial charge < -0.3 is 20.7 Å². The zero-order valence-corrected chi connectivity index (χ0v) is 24.7. The quantitative estimate of drug-likeness (QED) is 0.124. The Kier molecular flexibility index (Phi) is 10.8. The number of para-hydroxylation sites is 2. The van der Waals surface area contributed by atoms with E-state index in [1.54, 1.807) is 72.8 Å². The van der Waals surface area contributed by atoms with E-state index in [1.165, 1.54) is 17.8 Å². The van der Waals surface area contributed by atoms with E-state index in [2.05, 4.69) is 16.0 Å². The van der Waals surface area contributed by atoms with E-state index in [0.717, 1.165) is 4.90 Å². The van der Waals surface area contributed by atoms with Crippen LogP contribution in [0.4, 0.5) is 11.4 Å². The molecule has 0 aliphatic rings. The normalized spacial score (nSPS) is 11.7. The second kappa shape index (κ2) is 14.9. The molecule has 0 spiro atoms. The first-order valence-electron chi connectivity index (χ1n) is 13.3. The molecule has 4 rings (SSSR count). The molecule has 0 heterocycles. The summed E-state index contributed by atoms with van der Waals surface area (Å²) in [6.45, 7) is 4.21. The molecule has 1 atom stereocenters. The smallest absolute Gasteiger partial charge is 0.272 e. The Morgan fingerprint density at radius 2 is 1.52 bits per heavy atom. The monoisotopic (exact) mass is 599 g/mol. The summed E-state index contributed by atoms with van der Waals surface area (Å²) in [5, 5.41) is 8.51. The molecule has 0 saturated heterocycles. The van der Waals surface area contributed by atoms with Gasteiger partial charge >= 0.3 is 0 Å². The number of ether oxygens (including phenoxy) is 1. The number of nitrogens with one attached hydrogen (secondary N) is 3. The number of amides is 3. The third-order valence-corrected chi connectivity index (χ3v) is 7.43. The standard InChI is InChI=1S/C33H30ClN3O4S/c1-3-41-30-16-10-9-15-28(30)36-31(38)22(2)42-26-19-17-25(18-20-26)35-33(40)29(21-24-13-7-8-14-27(24)34)37-32(39)23-11-5-4-6-12-23/h4-22H,3H2,1-2H3,(H,35,40)(H,36,38)(H,37,39)/b29-21-. The van der Waals surface area contributed by atoms with Crippen molar-refractivity contribution in [2.75, 3.05) is 17.2 Å². The van der Waals surface area contributed by atoms with Crippen LogP contribution >= 0.6 is 23.4 Å². The Labute approximate surface area is 254 Å². The topological polar surface area (TPSA) is 96.5 Å². The lowest BCUT2D eigenvalue weighted by Gasteiger charge is -2.15. The number of halogens is 1. The van der Waals surface area contributed by atoms with Crippen LogP contribution in [0, 0.1) is 0 Å². The van der Waals surface area contributed by atoms with Crippen LogP contribution in [0.2, 0.25) is 5.02 Å². The van der Waals surface area contributed by atoms with Gasteiger partial charge in [-0.2, -0.15) is 0 Å². The summed E-state index contributed by atoms with van der Waals surface area (Å²) in [4.78, 5) is 39.8. The van der Waals surface area contributed by atoms with E-state index in [1.807, 2.05) is 44.2 Å². The first kappa shape index (κ1) is 30.4. The lowest BCUT2D eigenvalue weighted by Crippen LogP contribution is -2.30. The molecule has 7 nitrogen and oxygen atoms in total. The Morgan fingerprint density at radius 1 is 0.857 bits per heavy atom. The maximum Gasteiger partial charge on any atom is 0.272 e. The number of anilines is 2. The van der Waals surface area contributed by atoms with Gasteiger partial charge in [0.2, 0.25) is 5.91 Å². The Bertz CT molecular complexity index is 1580. The molecule has 4 aromatic carbocycles. The summed E-state index contributed by atoms with van der Waals surface area (Å²) in [7, 11) is 0. The summed E-state index contributed by atoms with van der Waals surface area (Å²) in [6.07, 6.45) is 1.53. The minimum Gasteiger partial charge on any atom is -0.492 e. The third-order valence-electron chi connectivity index (χ3n) is 5.97. The van der Waals surface area contributed by atoms with Crippen molar-refractivity contribution < 1.29 is 19.1 Å². The summed E-state index contributed by atoms with van der Waals surface area (Å²) in [5.41, 5.74) is 2.17. The Balaban J connectivity index is 1.43. The zero-order chi connectivity index (χ0) is 29.9. The van der Waals surface area contributed by atoms with Crippen molar-refractivity contribution in [1.29, 1.82) is 0 Å². The predicted octanol–water partition coefficient (Wildman–Crippen LogP) is 7.27. The molecule has 0 aliphatic carbocycles. The molecule has 9 heteroatoms. The van der Waals surface area contributed by atoms with Crippen LogP contribution in [0.1, 0.15) is 29.8 Å². The van der Waals surface area contributed by atoms with E-state index in [9.17, 15) is 14.4 Å². The van der Waals surface area contributed by atoms with Crippen molar-refractivity contribution >= 4 is 58.5 Å². The molecule has 3 N–H and O–H groups in total. The lowest BCUT2D eigenvalue weighted by atomic mass is 10.1. The van der Waals surface area contributed by atoms with Crippen LogP contribution in [0.3, 0.4) is 0 Å². The SMILES string of the molecule is CCOc1ccccc1NC(=O)C(C)Sc1ccc(NC(=O)/C(=C/c2ccccc2Cl)NC(=O)c2ccccc2)cc1. The zero-order valence-electron chi connectivity index (χ0n) is 23.1. The van der Waals surface area contributed by atoms with Gasteiger partial charge in [0.1, 0.15) is 11.4 Å². The van der Waals surface area contributed by atoms with Gasteiger partial charge in [-0.15, -0.1) is 11.8 Å². The van der Waals surface area contributed by atoms with Crippen LogP contribution in [-0.4, -0.2) is 29.6 Å². The van der Waals surface area contributed by atoms with Crippen LogP contribution < -0.4 is 20.7 Å². The average Bonchev–Trinajstić information content (AvgIpc) is 3.00. The van der Waals surface area contributed by atoms with Gasteiger partial charge in [-0.25, -0.2) is 0 Å². The molecule has 0 fully saturated rings. The van der Waals surface area contributed by atoms with Gasteiger partial charge in [0.05, 0.1) is 17.5 Å². The number of carbonyl (C=O) groups is 3. The van der Waals surface area contributed by atoms with Crippen molar-refractivity contribution in [2.45, 2.75) is 24.0 Å². The van der Waals surface area contributed by atoms with Crippen LogP contribution in [0.5, 0.6) is 5.75 Å². The molecule has 1 unspecified atom stereocenters. The van der Waals surface area contributed by atoms with E-state index in [0.29, 0.717) is 39.9 Å². The first-order valence-corrected chi connectivity index (χ1v) is 14.5. The van der Waals surface area contributed by atoms with Crippen LogP contribution in [0.25, 0.3) is 6.08 Å². The maximum absolute atomic E-state index is 13.3. The van der Waals surface area contributed by atoms with Crippen molar-refractivity contribution in [2.24, 2.45) is 0 Å². The molecule has 3 amide bonds. The highest BCUT2D eigenvalue weighted by molar-refractivity contribution is 8.00. The molecule has 0 radical (unpaired) electrons. The van der Waals surface area contributed by atoms with Crippen LogP contribution in [-0.2, 0) is 9.59 Å². The Morgan fingerprint density at radius 3 is 2.24 bits per heavy atom. The number of benzene rings is 4. The fourth-order valence-corrected chi connectivity index (χ4v) is 4.91. The second-order valence-electron chi connectivity index (χ2n) is 9.06. The molecule has 0 bridgehead atoms. The fourth-order valence-electron chi connectivity index (χ4n) is 3.85. The third kappa shape index (κ3) is 8.49. The number of carbonyl (C=O) groups excluding carboxylic acids is 3. The number of hydrogen-bond donors (Lipinski definition) is 3. The van der Waals surface area contributed by atoms with Gasteiger partial charge in [0, 0.05) is 21.2 Å². The number of hydrogen-bond acceptors (Lipinski definition) is 5. The average molecular weight is 600 g/mol. The van der Waals surface area contributed by atoms with E-state index >= 15 is 0 Å². The van der Waals surface area contributed by atoms with Gasteiger partial charge in [0.25, 0.3) is 11.8 Å². The number of thioether (sulfide) groups is 1. The van der Waals surface area contributed by atoms with E-state index in [4.69, 9.17) is 16.3 Å². The first-order chi connectivity index (χ1) is 20.3. The van der Waals surface area contributed by atoms with Gasteiger partial charge in [-0.05, 0) is 80.1 Å². The van der Waals surface area contributed by atoms with Gasteiger partial charge in [-0.3, -0.25) is 14.4 Å². The summed E-state index contributed by atoms with van der Waals surface area (Å²) in [5.74, 6) is -0.478. The molecule has 4 aromatic rings. The largest absolute Gasteiger partial charge is 0.492 e. The van der Waals surface area contributed by atoms with Crippen molar-refractivity contribution in [3.8, 4) is 5.75 Å². The molecular formula is C33H30ClN3O4S. The predicted molar refractivity (Wildman–Crippen MR) is 170 cm³/mol. The van der Waals surface area contributed by atoms with E-state index in [-0.39, 0.29) is 11.6 Å². The van der Waals surface area contributed by atoms with Crippen molar-refractivity contribution in [3.63, 3.8) is 0 Å². The summed E-state index contributed by atoms with van der Waals surface area (Å²) in [6, 6.07) is 30.1. The molecular weight excluding hydrogens is 570 g/mol. The minimum absolute atomic E-state index is 0.0352. The molecule has 0 saturated carbocycles. The highest BCUT2D eigenvalue weighted by Gasteiger charge is 2.18. The maximum atomic E-state index is 13.3. The van der Waals surface area contributed by atoms with Gasteiger partial charge in [-0.1, -0.05) is 60.1 Å². The van der Waals surface area contributed by atoms with E-state index < -0.39 is 17.1 Å². The fraction of sp³-hybridized carbons (Fsp3) is 0.121. The summed E-state index contributed by atoms with van der Waals surface area (Å²) < 4.78 is 5.59. The minimum atomic E-state index is -0.514. The van der Waals surface area contributed by atoms with Crippen molar-refractivity contribution in [3.05, 3.63) is 125 Å². The van der Waals surface area contributed by atoms with Crippen LogP contribution in [0.15, 0.2) is 114 Å². The Hall–Kier alpha value is -4.53. The highest BCUT2D eigenvalue weighted by atomic mass is 35.5. The molecule has 214 valence electrons. The molecule has 0 aromatic heterocycles. The summed E-state index contributed by atoms with van der Waals surface area (Å²) >= 11 is 7.69. The lowest BCUT2D eigenvalue weighted by molar-refractivity contribution is -0.115.